The van der Waals surface area contributed by atoms with E-state index in [-0.39, 0.29) is 17.6 Å². The first kappa shape index (κ1) is 20.9. The molecule has 1 atom stereocenters. The molecular weight excluding hydrogens is 415 g/mol. The maximum Gasteiger partial charge on any atom is 0.196 e. The molecule has 0 fully saturated rings. The Kier molecular flexibility index (Phi) is 6.78. The highest BCUT2D eigenvalue weighted by Gasteiger charge is 2.21. The summed E-state index contributed by atoms with van der Waals surface area (Å²) in [5.74, 6) is 1.06. The minimum absolute atomic E-state index is 0.00882. The first-order valence-electron chi connectivity index (χ1n) is 8.66. The molecule has 146 valence electrons. The van der Waals surface area contributed by atoms with Crippen molar-refractivity contribution < 1.29 is 4.79 Å². The largest absolute Gasteiger partial charge is 0.300 e. The van der Waals surface area contributed by atoms with E-state index in [1.807, 2.05) is 42.9 Å². The molecule has 0 bridgehead atoms. The van der Waals surface area contributed by atoms with Crippen molar-refractivity contribution in [2.24, 2.45) is 0 Å². The number of benzene rings is 2. The Balaban J connectivity index is 1.89. The average molecular weight is 435 g/mol. The van der Waals surface area contributed by atoms with Crippen LogP contribution >= 0.6 is 35.0 Å². The smallest absolute Gasteiger partial charge is 0.196 e. The first-order valence-corrected chi connectivity index (χ1v) is 10.4. The molecule has 1 heterocycles. The van der Waals surface area contributed by atoms with Crippen LogP contribution in [-0.2, 0) is 0 Å². The molecule has 0 aliphatic carbocycles. The van der Waals surface area contributed by atoms with Crippen LogP contribution in [0.4, 0.5) is 0 Å². The summed E-state index contributed by atoms with van der Waals surface area (Å²) in [5, 5.41) is 10.7. The van der Waals surface area contributed by atoms with Gasteiger partial charge in [0, 0.05) is 21.3 Å². The summed E-state index contributed by atoms with van der Waals surface area (Å²) >= 11 is 13.3. The normalized spacial score (nSPS) is 12.4. The van der Waals surface area contributed by atoms with Crippen molar-refractivity contribution >= 4 is 40.7 Å². The van der Waals surface area contributed by atoms with Gasteiger partial charge < -0.3 is 0 Å². The van der Waals surface area contributed by atoms with E-state index < -0.39 is 0 Å². The molecular formula is C20H20Cl2N4OS. The van der Waals surface area contributed by atoms with Crippen LogP contribution in [0.2, 0.25) is 10.0 Å². The third kappa shape index (κ3) is 4.75. The van der Waals surface area contributed by atoms with Gasteiger partial charge in [0.2, 0.25) is 0 Å². The molecule has 0 aliphatic rings. The highest BCUT2D eigenvalue weighted by Crippen LogP contribution is 2.28. The third-order valence-corrected chi connectivity index (χ3v) is 5.82. The molecule has 0 radical (unpaired) electrons. The molecule has 2 aromatic carbocycles. The SMILES string of the molecule is C[C@H](c1nnc(SCC(=O)c2ccc(Cl)cc2)n1-c1ccc(Cl)cc1)N(C)C. The molecule has 0 saturated carbocycles. The Morgan fingerprint density at radius 2 is 1.61 bits per heavy atom. The number of thioether (sulfide) groups is 1. The Morgan fingerprint density at radius 3 is 2.18 bits per heavy atom. The summed E-state index contributed by atoms with van der Waals surface area (Å²) in [4.78, 5) is 14.6. The predicted molar refractivity (Wildman–Crippen MR) is 115 cm³/mol. The third-order valence-electron chi connectivity index (χ3n) is 4.39. The van der Waals surface area contributed by atoms with Crippen LogP contribution in [-0.4, -0.2) is 45.3 Å². The lowest BCUT2D eigenvalue weighted by Crippen LogP contribution is -2.20. The fourth-order valence-electron chi connectivity index (χ4n) is 2.56. The van der Waals surface area contributed by atoms with Gasteiger partial charge in [-0.1, -0.05) is 35.0 Å². The molecule has 0 N–H and O–H groups in total. The lowest BCUT2D eigenvalue weighted by Gasteiger charge is -2.20. The average Bonchev–Trinajstić information content (AvgIpc) is 3.10. The van der Waals surface area contributed by atoms with Gasteiger partial charge in [-0.25, -0.2) is 0 Å². The zero-order chi connectivity index (χ0) is 20.3. The molecule has 1 aromatic heterocycles. The van der Waals surface area contributed by atoms with E-state index in [1.54, 1.807) is 24.3 Å². The lowest BCUT2D eigenvalue weighted by atomic mass is 10.1. The highest BCUT2D eigenvalue weighted by atomic mass is 35.5. The van der Waals surface area contributed by atoms with Crippen LogP contribution < -0.4 is 0 Å². The number of aromatic nitrogens is 3. The van der Waals surface area contributed by atoms with Gasteiger partial charge in [0.1, 0.15) is 0 Å². The Labute approximate surface area is 178 Å². The van der Waals surface area contributed by atoms with Crippen LogP contribution in [0.1, 0.15) is 29.1 Å². The Bertz CT molecular complexity index is 955. The molecule has 3 aromatic rings. The highest BCUT2D eigenvalue weighted by molar-refractivity contribution is 7.99. The van der Waals surface area contributed by atoms with Gasteiger partial charge in [-0.15, -0.1) is 10.2 Å². The Morgan fingerprint density at radius 1 is 1.04 bits per heavy atom. The van der Waals surface area contributed by atoms with Crippen LogP contribution in [0.15, 0.2) is 53.7 Å². The van der Waals surface area contributed by atoms with Gasteiger partial charge in [0.05, 0.1) is 11.8 Å². The van der Waals surface area contributed by atoms with Gasteiger partial charge in [-0.2, -0.15) is 0 Å². The molecule has 0 spiro atoms. The van der Waals surface area contributed by atoms with Crippen LogP contribution in [0.3, 0.4) is 0 Å². The van der Waals surface area contributed by atoms with Gasteiger partial charge in [-0.05, 0) is 69.6 Å². The minimum Gasteiger partial charge on any atom is -0.300 e. The molecule has 0 amide bonds. The molecule has 8 heteroatoms. The van der Waals surface area contributed by atoms with Gasteiger partial charge in [0.15, 0.2) is 16.8 Å². The van der Waals surface area contributed by atoms with Crippen molar-refractivity contribution in [3.63, 3.8) is 0 Å². The van der Waals surface area contributed by atoms with Crippen molar-refractivity contribution in [3.05, 3.63) is 70.0 Å². The summed E-state index contributed by atoms with van der Waals surface area (Å²) in [6.45, 7) is 2.06. The number of halogens is 2. The van der Waals surface area contributed by atoms with E-state index in [2.05, 4.69) is 22.0 Å². The van der Waals surface area contributed by atoms with Crippen LogP contribution in [0.25, 0.3) is 5.69 Å². The fraction of sp³-hybridized carbons (Fsp3) is 0.250. The van der Waals surface area contributed by atoms with E-state index in [4.69, 9.17) is 23.2 Å². The zero-order valence-electron chi connectivity index (χ0n) is 15.8. The number of carbonyl (C=O) groups excluding carboxylic acids is 1. The number of ketones is 1. The number of nitrogens with zero attached hydrogens (tertiary/aromatic N) is 4. The van der Waals surface area contributed by atoms with E-state index in [0.29, 0.717) is 20.8 Å². The zero-order valence-corrected chi connectivity index (χ0v) is 18.1. The molecule has 3 rings (SSSR count). The number of Topliss-reactive ketones (excluding diaryl/α,β-unsaturated/α-hetero) is 1. The fourth-order valence-corrected chi connectivity index (χ4v) is 3.66. The van der Waals surface area contributed by atoms with Crippen molar-refractivity contribution in [2.75, 3.05) is 19.8 Å². The number of hydrogen-bond donors (Lipinski definition) is 0. The summed E-state index contributed by atoms with van der Waals surface area (Å²) < 4.78 is 1.97. The number of rotatable bonds is 7. The first-order chi connectivity index (χ1) is 13.4. The molecule has 0 unspecified atom stereocenters. The lowest BCUT2D eigenvalue weighted by molar-refractivity contribution is 0.102. The van der Waals surface area contributed by atoms with Crippen molar-refractivity contribution in [1.82, 2.24) is 19.7 Å². The molecule has 0 aliphatic heterocycles. The number of carbonyl (C=O) groups is 1. The van der Waals surface area contributed by atoms with Gasteiger partial charge >= 0.3 is 0 Å². The minimum atomic E-state index is 0.00882. The number of hydrogen-bond acceptors (Lipinski definition) is 5. The van der Waals surface area contributed by atoms with Gasteiger partial charge in [-0.3, -0.25) is 14.3 Å². The summed E-state index contributed by atoms with van der Waals surface area (Å²) in [5.41, 5.74) is 1.52. The maximum atomic E-state index is 12.5. The van der Waals surface area contributed by atoms with Crippen LogP contribution in [0.5, 0.6) is 0 Å². The summed E-state index contributed by atoms with van der Waals surface area (Å²) in [7, 11) is 3.98. The van der Waals surface area contributed by atoms with E-state index in [1.165, 1.54) is 11.8 Å². The Hall–Kier alpha value is -1.86. The van der Waals surface area contributed by atoms with Gasteiger partial charge in [0.25, 0.3) is 0 Å². The van der Waals surface area contributed by atoms with Crippen LogP contribution in [0, 0.1) is 0 Å². The van der Waals surface area contributed by atoms with Crippen molar-refractivity contribution in [2.45, 2.75) is 18.1 Å². The van der Waals surface area contributed by atoms with E-state index in [9.17, 15) is 4.79 Å². The summed E-state index contributed by atoms with van der Waals surface area (Å²) in [6.07, 6.45) is 0. The monoisotopic (exact) mass is 434 g/mol. The topological polar surface area (TPSA) is 51.0 Å². The predicted octanol–water partition coefficient (Wildman–Crippen LogP) is 5.17. The second-order valence-electron chi connectivity index (χ2n) is 6.51. The summed E-state index contributed by atoms with van der Waals surface area (Å²) in [6, 6.07) is 14.4. The van der Waals surface area contributed by atoms with E-state index in [0.717, 1.165) is 11.5 Å². The van der Waals surface area contributed by atoms with Crippen molar-refractivity contribution in [1.29, 1.82) is 0 Å². The molecule has 0 saturated heterocycles. The quantitative estimate of drug-likeness (QED) is 0.379. The second kappa shape index (κ2) is 9.09. The van der Waals surface area contributed by atoms with E-state index >= 15 is 0 Å². The maximum absolute atomic E-state index is 12.5. The molecule has 28 heavy (non-hydrogen) atoms. The molecule has 5 nitrogen and oxygen atoms in total. The second-order valence-corrected chi connectivity index (χ2v) is 8.33. The van der Waals surface area contributed by atoms with Crippen molar-refractivity contribution in [3.8, 4) is 5.69 Å². The standard InChI is InChI=1S/C20H20Cl2N4OS/c1-13(25(2)3)19-23-24-20(26(19)17-10-8-16(22)9-11-17)28-12-18(27)14-4-6-15(21)7-5-14/h4-11,13H,12H2,1-3H3/t13-/m1/s1.